The van der Waals surface area contributed by atoms with Gasteiger partial charge in [0, 0.05) is 18.2 Å². The predicted molar refractivity (Wildman–Crippen MR) is 86.8 cm³/mol. The number of nitrogens with zero attached hydrogens (tertiary/aromatic N) is 1. The molecular formula is C18H27NO3. The zero-order valence-electron chi connectivity index (χ0n) is 13.8. The van der Waals surface area contributed by atoms with E-state index < -0.39 is 6.09 Å². The van der Waals surface area contributed by atoms with Crippen LogP contribution in [-0.2, 0) is 11.3 Å². The second-order valence-electron chi connectivity index (χ2n) is 7.16. The minimum atomic E-state index is -0.816. The number of rotatable bonds is 5. The molecule has 1 aliphatic carbocycles. The van der Waals surface area contributed by atoms with Crippen LogP contribution < -0.4 is 0 Å². The van der Waals surface area contributed by atoms with Gasteiger partial charge >= 0.3 is 6.09 Å². The Labute approximate surface area is 133 Å². The maximum atomic E-state index is 11.5. The lowest BCUT2D eigenvalue weighted by molar-refractivity contribution is 0.0619. The fraction of sp³-hybridized carbons (Fsp3) is 0.611. The number of benzene rings is 1. The molecule has 22 heavy (non-hydrogen) atoms. The molecule has 1 aromatic rings. The van der Waals surface area contributed by atoms with Gasteiger partial charge in [0.05, 0.1) is 6.61 Å². The molecule has 1 fully saturated rings. The van der Waals surface area contributed by atoms with E-state index in [1.807, 2.05) is 39.0 Å². The van der Waals surface area contributed by atoms with Crippen molar-refractivity contribution in [2.45, 2.75) is 58.2 Å². The first-order valence-electron chi connectivity index (χ1n) is 8.02. The highest BCUT2D eigenvalue weighted by Gasteiger charge is 2.37. The summed E-state index contributed by atoms with van der Waals surface area (Å²) < 4.78 is 5.81. The SMILES string of the molecule is CC(C)(C)N(C(=O)O)[C@@H]1CC[C@H](COCc2ccccc2)C1. The Bertz CT molecular complexity index is 481. The van der Waals surface area contributed by atoms with Crippen molar-refractivity contribution >= 4 is 6.09 Å². The van der Waals surface area contributed by atoms with Gasteiger partial charge in [-0.2, -0.15) is 0 Å². The van der Waals surface area contributed by atoms with Crippen LogP contribution in [0.1, 0.15) is 45.6 Å². The maximum Gasteiger partial charge on any atom is 0.407 e. The molecule has 0 radical (unpaired) electrons. The van der Waals surface area contributed by atoms with Crippen LogP contribution in [0.2, 0.25) is 0 Å². The van der Waals surface area contributed by atoms with E-state index in [1.165, 1.54) is 5.56 Å². The van der Waals surface area contributed by atoms with Gasteiger partial charge in [-0.15, -0.1) is 0 Å². The summed E-state index contributed by atoms with van der Waals surface area (Å²) in [6.45, 7) is 7.22. The fourth-order valence-corrected chi connectivity index (χ4v) is 3.34. The molecule has 0 unspecified atom stereocenters. The summed E-state index contributed by atoms with van der Waals surface area (Å²) in [6.07, 6.45) is 2.06. The first-order chi connectivity index (χ1) is 10.4. The molecule has 4 nitrogen and oxygen atoms in total. The Morgan fingerprint density at radius 1 is 1.27 bits per heavy atom. The van der Waals surface area contributed by atoms with Gasteiger partial charge in [-0.3, -0.25) is 0 Å². The average molecular weight is 305 g/mol. The van der Waals surface area contributed by atoms with Crippen molar-refractivity contribution in [3.05, 3.63) is 35.9 Å². The largest absolute Gasteiger partial charge is 0.465 e. The van der Waals surface area contributed by atoms with Gasteiger partial charge in [-0.05, 0) is 51.5 Å². The zero-order chi connectivity index (χ0) is 16.2. The van der Waals surface area contributed by atoms with Crippen molar-refractivity contribution < 1.29 is 14.6 Å². The van der Waals surface area contributed by atoms with E-state index in [-0.39, 0.29) is 11.6 Å². The molecule has 0 saturated heterocycles. The van der Waals surface area contributed by atoms with Crippen LogP contribution in [0.25, 0.3) is 0 Å². The molecule has 1 aromatic carbocycles. The fourth-order valence-electron chi connectivity index (χ4n) is 3.34. The summed E-state index contributed by atoms with van der Waals surface area (Å²) >= 11 is 0. The molecule has 0 bridgehead atoms. The molecule has 122 valence electrons. The molecule has 1 saturated carbocycles. The highest BCUT2D eigenvalue weighted by atomic mass is 16.5. The standard InChI is InChI=1S/C18H27NO3/c1-18(2,3)19(17(20)21)16-10-9-15(11-16)13-22-12-14-7-5-4-6-8-14/h4-8,15-16H,9-13H2,1-3H3,(H,20,21)/t15-,16+/m0/s1. The Hall–Kier alpha value is -1.55. The van der Waals surface area contributed by atoms with E-state index in [1.54, 1.807) is 4.90 Å². The Kier molecular flexibility index (Phi) is 5.46. The van der Waals surface area contributed by atoms with Crippen LogP contribution in [0, 0.1) is 5.92 Å². The van der Waals surface area contributed by atoms with Crippen LogP contribution in [0.15, 0.2) is 30.3 Å². The summed E-state index contributed by atoms with van der Waals surface area (Å²) in [5.74, 6) is 0.456. The minimum absolute atomic E-state index is 0.114. The van der Waals surface area contributed by atoms with Crippen molar-refractivity contribution in [1.29, 1.82) is 0 Å². The first-order valence-corrected chi connectivity index (χ1v) is 8.02. The molecule has 4 heteroatoms. The van der Waals surface area contributed by atoms with Crippen molar-refractivity contribution in [2.24, 2.45) is 5.92 Å². The number of carbonyl (C=O) groups is 1. The molecule has 1 amide bonds. The molecule has 2 rings (SSSR count). The number of carboxylic acid groups (broad SMARTS) is 1. The molecule has 0 aromatic heterocycles. The summed E-state index contributed by atoms with van der Waals surface area (Å²) in [5.41, 5.74) is 0.829. The highest BCUT2D eigenvalue weighted by molar-refractivity contribution is 5.66. The third-order valence-corrected chi connectivity index (χ3v) is 4.27. The Morgan fingerprint density at radius 3 is 2.55 bits per heavy atom. The monoisotopic (exact) mass is 305 g/mol. The van der Waals surface area contributed by atoms with E-state index in [9.17, 15) is 9.90 Å². The number of ether oxygens (including phenoxy) is 1. The van der Waals surface area contributed by atoms with Gasteiger partial charge < -0.3 is 14.7 Å². The lowest BCUT2D eigenvalue weighted by Gasteiger charge is -2.38. The van der Waals surface area contributed by atoms with Crippen molar-refractivity contribution in [1.82, 2.24) is 4.90 Å². The zero-order valence-corrected chi connectivity index (χ0v) is 13.8. The molecular weight excluding hydrogens is 278 g/mol. The van der Waals surface area contributed by atoms with Crippen LogP contribution in [-0.4, -0.2) is 34.3 Å². The summed E-state index contributed by atoms with van der Waals surface area (Å²) in [6, 6.07) is 10.3. The topological polar surface area (TPSA) is 49.8 Å². The molecule has 0 heterocycles. The van der Waals surface area contributed by atoms with Gasteiger partial charge in [0.2, 0.25) is 0 Å². The summed E-state index contributed by atoms with van der Waals surface area (Å²) in [4.78, 5) is 13.1. The summed E-state index contributed by atoms with van der Waals surface area (Å²) in [5, 5.41) is 9.47. The Balaban J connectivity index is 1.81. The van der Waals surface area contributed by atoms with Gasteiger partial charge in [-0.1, -0.05) is 30.3 Å². The molecule has 2 atom stereocenters. The molecule has 1 aliphatic rings. The Morgan fingerprint density at radius 2 is 1.95 bits per heavy atom. The van der Waals surface area contributed by atoms with Crippen LogP contribution in [0.5, 0.6) is 0 Å². The third-order valence-electron chi connectivity index (χ3n) is 4.27. The quantitative estimate of drug-likeness (QED) is 0.889. The van der Waals surface area contributed by atoms with Gasteiger partial charge in [0.15, 0.2) is 0 Å². The predicted octanol–water partition coefficient (Wildman–Crippen LogP) is 4.15. The number of hydrogen-bond acceptors (Lipinski definition) is 2. The van der Waals surface area contributed by atoms with Crippen molar-refractivity contribution in [2.75, 3.05) is 6.61 Å². The van der Waals surface area contributed by atoms with E-state index in [4.69, 9.17) is 4.74 Å². The molecule has 0 spiro atoms. The normalized spacial score (nSPS) is 21.8. The van der Waals surface area contributed by atoms with Crippen molar-refractivity contribution in [3.63, 3.8) is 0 Å². The minimum Gasteiger partial charge on any atom is -0.465 e. The van der Waals surface area contributed by atoms with E-state index in [2.05, 4.69) is 12.1 Å². The lowest BCUT2D eigenvalue weighted by Crippen LogP contribution is -2.50. The van der Waals surface area contributed by atoms with Gasteiger partial charge in [-0.25, -0.2) is 4.79 Å². The van der Waals surface area contributed by atoms with Gasteiger partial charge in [0.1, 0.15) is 0 Å². The van der Waals surface area contributed by atoms with Crippen LogP contribution in [0.3, 0.4) is 0 Å². The smallest absolute Gasteiger partial charge is 0.407 e. The average Bonchev–Trinajstić information content (AvgIpc) is 2.86. The van der Waals surface area contributed by atoms with Crippen LogP contribution in [0.4, 0.5) is 4.79 Å². The highest BCUT2D eigenvalue weighted by Crippen LogP contribution is 2.33. The van der Waals surface area contributed by atoms with E-state index in [0.717, 1.165) is 19.3 Å². The third kappa shape index (κ3) is 4.47. The lowest BCUT2D eigenvalue weighted by atomic mass is 10.0. The first kappa shape index (κ1) is 16.8. The number of hydrogen-bond donors (Lipinski definition) is 1. The second-order valence-corrected chi connectivity index (χ2v) is 7.16. The van der Waals surface area contributed by atoms with E-state index >= 15 is 0 Å². The van der Waals surface area contributed by atoms with Crippen molar-refractivity contribution in [3.8, 4) is 0 Å². The van der Waals surface area contributed by atoms with E-state index in [0.29, 0.717) is 19.1 Å². The molecule has 0 aliphatic heterocycles. The van der Waals surface area contributed by atoms with Gasteiger partial charge in [0.25, 0.3) is 0 Å². The summed E-state index contributed by atoms with van der Waals surface area (Å²) in [7, 11) is 0. The van der Waals surface area contributed by atoms with Crippen LogP contribution >= 0.6 is 0 Å². The molecule has 1 N–H and O–H groups in total. The second kappa shape index (κ2) is 7.14. The maximum absolute atomic E-state index is 11.5. The number of amides is 1.